The minimum atomic E-state index is -0.0362. The molecule has 0 N–H and O–H groups in total. The van der Waals surface area contributed by atoms with Crippen LogP contribution in [0.15, 0.2) is 42.7 Å². The summed E-state index contributed by atoms with van der Waals surface area (Å²) < 4.78 is 6.05. The number of para-hydroxylation sites is 1. The number of rotatable bonds is 6. The lowest BCUT2D eigenvalue weighted by Crippen LogP contribution is -2.48. The molecule has 0 bridgehead atoms. The minimum Gasteiger partial charge on any atom is -0.493 e. The molecule has 6 nitrogen and oxygen atoms in total. The third-order valence-electron chi connectivity index (χ3n) is 6.72. The van der Waals surface area contributed by atoms with Crippen molar-refractivity contribution in [3.63, 3.8) is 0 Å². The Balaban J connectivity index is 1.28. The van der Waals surface area contributed by atoms with E-state index in [9.17, 15) is 4.79 Å². The molecule has 2 fully saturated rings. The summed E-state index contributed by atoms with van der Waals surface area (Å²) in [5.41, 5.74) is 1.65. The zero-order chi connectivity index (χ0) is 21.7. The number of nitrogens with zero attached hydrogens (tertiary/aromatic N) is 4. The van der Waals surface area contributed by atoms with Crippen LogP contribution in [0.2, 0.25) is 0 Å². The molecule has 6 heteroatoms. The molecule has 1 aromatic heterocycles. The zero-order valence-electron chi connectivity index (χ0n) is 18.8. The number of likely N-dealkylation sites (tertiary alicyclic amines) is 2. The number of carbonyl (C=O) groups excluding carboxylic acids is 1. The van der Waals surface area contributed by atoms with Crippen molar-refractivity contribution in [3.05, 3.63) is 54.1 Å². The highest BCUT2D eigenvalue weighted by Crippen LogP contribution is 2.41. The Morgan fingerprint density at radius 1 is 1.00 bits per heavy atom. The summed E-state index contributed by atoms with van der Waals surface area (Å²) in [7, 11) is 0. The molecule has 0 atom stereocenters. The molecule has 2 saturated heterocycles. The molecule has 0 radical (unpaired) electrons. The Bertz CT molecular complexity index is 853. The van der Waals surface area contributed by atoms with Gasteiger partial charge in [-0.05, 0) is 62.2 Å². The van der Waals surface area contributed by atoms with Gasteiger partial charge in [0.15, 0.2) is 0 Å². The lowest BCUT2D eigenvalue weighted by atomic mass is 9.71. The van der Waals surface area contributed by atoms with E-state index in [0.717, 1.165) is 57.9 Å². The highest BCUT2D eigenvalue weighted by Gasteiger charge is 2.39. The maximum atomic E-state index is 12.6. The Hall–Kier alpha value is -2.47. The van der Waals surface area contributed by atoms with Gasteiger partial charge in [0.1, 0.15) is 5.75 Å². The van der Waals surface area contributed by atoms with Crippen LogP contribution < -0.4 is 4.74 Å². The molecule has 2 aliphatic rings. The smallest absolute Gasteiger partial charge is 0.291 e. The standard InChI is InChI=1S/C25H34N4O2/c1-20(2)19-31-22-7-4-3-6-21(22)18-28-14-8-25(9-15-28)10-16-29(17-11-25)24(30)23-26-12-5-13-27-23/h3-7,12-13,20H,8-11,14-19H2,1-2H3. The monoisotopic (exact) mass is 422 g/mol. The maximum Gasteiger partial charge on any atom is 0.291 e. The molecule has 31 heavy (non-hydrogen) atoms. The van der Waals surface area contributed by atoms with Crippen LogP contribution in [-0.4, -0.2) is 58.5 Å². The predicted molar refractivity (Wildman–Crippen MR) is 121 cm³/mol. The van der Waals surface area contributed by atoms with Crippen LogP contribution in [0.3, 0.4) is 0 Å². The summed E-state index contributed by atoms with van der Waals surface area (Å²) >= 11 is 0. The van der Waals surface area contributed by atoms with Gasteiger partial charge in [0.05, 0.1) is 6.61 Å². The number of hydrogen-bond donors (Lipinski definition) is 0. The lowest BCUT2D eigenvalue weighted by molar-refractivity contribution is 0.0277. The van der Waals surface area contributed by atoms with Crippen molar-refractivity contribution in [2.24, 2.45) is 11.3 Å². The van der Waals surface area contributed by atoms with Gasteiger partial charge in [0, 0.05) is 37.6 Å². The van der Waals surface area contributed by atoms with Gasteiger partial charge in [-0.1, -0.05) is 32.0 Å². The molecule has 1 amide bonds. The molecule has 0 aliphatic carbocycles. The van der Waals surface area contributed by atoms with Crippen molar-refractivity contribution < 1.29 is 9.53 Å². The molecule has 0 saturated carbocycles. The van der Waals surface area contributed by atoms with Crippen LogP contribution in [-0.2, 0) is 6.54 Å². The zero-order valence-corrected chi connectivity index (χ0v) is 18.8. The summed E-state index contributed by atoms with van der Waals surface area (Å²) in [5.74, 6) is 1.82. The highest BCUT2D eigenvalue weighted by molar-refractivity contribution is 5.90. The predicted octanol–water partition coefficient (Wildman–Crippen LogP) is 4.03. The second-order valence-corrected chi connectivity index (χ2v) is 9.45. The largest absolute Gasteiger partial charge is 0.493 e. The number of aromatic nitrogens is 2. The fourth-order valence-electron chi connectivity index (χ4n) is 4.69. The molecular formula is C25H34N4O2. The van der Waals surface area contributed by atoms with Crippen molar-refractivity contribution >= 4 is 5.91 Å². The third-order valence-corrected chi connectivity index (χ3v) is 6.72. The van der Waals surface area contributed by atoms with E-state index >= 15 is 0 Å². The Morgan fingerprint density at radius 2 is 1.65 bits per heavy atom. The molecule has 2 aliphatic heterocycles. The van der Waals surface area contributed by atoms with Gasteiger partial charge in [-0.15, -0.1) is 0 Å². The van der Waals surface area contributed by atoms with Crippen LogP contribution in [0.4, 0.5) is 0 Å². The SMILES string of the molecule is CC(C)COc1ccccc1CN1CCC2(CC1)CCN(C(=O)c1ncccn1)CC2. The average Bonchev–Trinajstić information content (AvgIpc) is 2.81. The first-order valence-electron chi connectivity index (χ1n) is 11.5. The Labute approximate surface area is 185 Å². The first kappa shape index (κ1) is 21.8. The fraction of sp³-hybridized carbons (Fsp3) is 0.560. The van der Waals surface area contributed by atoms with Gasteiger partial charge in [-0.25, -0.2) is 9.97 Å². The second-order valence-electron chi connectivity index (χ2n) is 9.45. The minimum absolute atomic E-state index is 0.0362. The molecule has 1 aromatic carbocycles. The van der Waals surface area contributed by atoms with E-state index in [1.807, 2.05) is 4.90 Å². The summed E-state index contributed by atoms with van der Waals surface area (Å²) in [4.78, 5) is 25.4. The van der Waals surface area contributed by atoms with E-state index in [0.29, 0.717) is 17.2 Å². The number of benzene rings is 1. The van der Waals surface area contributed by atoms with E-state index in [2.05, 4.69) is 53.0 Å². The van der Waals surface area contributed by atoms with Crippen LogP contribution >= 0.6 is 0 Å². The van der Waals surface area contributed by atoms with Gasteiger partial charge >= 0.3 is 0 Å². The van der Waals surface area contributed by atoms with Crippen LogP contribution in [0, 0.1) is 11.3 Å². The van der Waals surface area contributed by atoms with Crippen LogP contribution in [0.25, 0.3) is 0 Å². The Kier molecular flexibility index (Phi) is 6.86. The maximum absolute atomic E-state index is 12.6. The highest BCUT2D eigenvalue weighted by atomic mass is 16.5. The average molecular weight is 423 g/mol. The van der Waals surface area contributed by atoms with E-state index < -0.39 is 0 Å². The molecule has 1 spiro atoms. The van der Waals surface area contributed by atoms with Crippen molar-refractivity contribution in [3.8, 4) is 5.75 Å². The molecule has 4 rings (SSSR count). The third kappa shape index (κ3) is 5.42. The molecule has 2 aromatic rings. The van der Waals surface area contributed by atoms with Crippen molar-refractivity contribution in [1.82, 2.24) is 19.8 Å². The molecule has 166 valence electrons. The number of carbonyl (C=O) groups is 1. The quantitative estimate of drug-likeness (QED) is 0.703. The van der Waals surface area contributed by atoms with Crippen molar-refractivity contribution in [1.29, 1.82) is 0 Å². The van der Waals surface area contributed by atoms with Gasteiger partial charge in [-0.2, -0.15) is 0 Å². The number of amides is 1. The van der Waals surface area contributed by atoms with E-state index in [1.165, 1.54) is 18.4 Å². The van der Waals surface area contributed by atoms with E-state index in [4.69, 9.17) is 4.74 Å². The number of hydrogen-bond acceptors (Lipinski definition) is 5. The molecular weight excluding hydrogens is 388 g/mol. The fourth-order valence-corrected chi connectivity index (χ4v) is 4.69. The van der Waals surface area contributed by atoms with E-state index in [1.54, 1.807) is 18.5 Å². The summed E-state index contributed by atoms with van der Waals surface area (Å²) in [6.45, 7) is 9.88. The Morgan fingerprint density at radius 3 is 2.32 bits per heavy atom. The van der Waals surface area contributed by atoms with Gasteiger partial charge in [0.25, 0.3) is 5.91 Å². The molecule has 3 heterocycles. The van der Waals surface area contributed by atoms with Crippen molar-refractivity contribution in [2.45, 2.75) is 46.1 Å². The van der Waals surface area contributed by atoms with Gasteiger partial charge < -0.3 is 9.64 Å². The summed E-state index contributed by atoms with van der Waals surface area (Å²) in [6.07, 6.45) is 7.82. The number of ether oxygens (including phenoxy) is 1. The van der Waals surface area contributed by atoms with Gasteiger partial charge in [0.2, 0.25) is 5.82 Å². The van der Waals surface area contributed by atoms with E-state index in [-0.39, 0.29) is 5.91 Å². The van der Waals surface area contributed by atoms with Crippen LogP contribution in [0.1, 0.15) is 55.7 Å². The lowest BCUT2D eigenvalue weighted by Gasteiger charge is -2.46. The van der Waals surface area contributed by atoms with Crippen LogP contribution in [0.5, 0.6) is 5.75 Å². The second kappa shape index (κ2) is 9.77. The summed E-state index contributed by atoms with van der Waals surface area (Å²) in [6, 6.07) is 10.2. The normalized spacial score (nSPS) is 19.0. The first-order valence-corrected chi connectivity index (χ1v) is 11.5. The van der Waals surface area contributed by atoms with Gasteiger partial charge in [-0.3, -0.25) is 9.69 Å². The summed E-state index contributed by atoms with van der Waals surface area (Å²) in [5, 5.41) is 0. The number of piperidine rings is 2. The topological polar surface area (TPSA) is 58.6 Å². The molecule has 0 unspecified atom stereocenters. The first-order chi connectivity index (χ1) is 15.0. The van der Waals surface area contributed by atoms with Crippen molar-refractivity contribution in [2.75, 3.05) is 32.8 Å².